The minimum absolute atomic E-state index is 0.128. The molecule has 3 N–H and O–H groups in total. The molecule has 3 nitrogen and oxygen atoms in total. The molecule has 1 aromatic rings. The molecule has 0 aliphatic heterocycles. The van der Waals surface area contributed by atoms with Gasteiger partial charge in [0.25, 0.3) is 5.91 Å². The third-order valence-corrected chi connectivity index (χ3v) is 3.34. The molecule has 0 radical (unpaired) electrons. The van der Waals surface area contributed by atoms with Crippen LogP contribution >= 0.6 is 11.6 Å². The molecule has 1 saturated carbocycles. The van der Waals surface area contributed by atoms with Gasteiger partial charge in [-0.25, -0.2) is 0 Å². The highest BCUT2D eigenvalue weighted by molar-refractivity contribution is 6.33. The molecule has 1 aromatic carbocycles. The number of hydrogen-bond donors (Lipinski definition) is 2. The molecule has 1 aliphatic rings. The fourth-order valence-electron chi connectivity index (χ4n) is 2.02. The van der Waals surface area contributed by atoms with Gasteiger partial charge in [-0.1, -0.05) is 24.6 Å². The van der Waals surface area contributed by atoms with Gasteiger partial charge in [-0.3, -0.25) is 4.79 Å². The van der Waals surface area contributed by atoms with Crippen molar-refractivity contribution in [3.63, 3.8) is 0 Å². The number of amides is 1. The largest absolute Gasteiger partial charge is 0.397 e. The van der Waals surface area contributed by atoms with E-state index < -0.39 is 0 Å². The van der Waals surface area contributed by atoms with Gasteiger partial charge >= 0.3 is 0 Å². The molecule has 0 aromatic heterocycles. The van der Waals surface area contributed by atoms with E-state index in [2.05, 4.69) is 12.2 Å². The minimum Gasteiger partial charge on any atom is -0.397 e. The predicted octanol–water partition coefficient (Wildman–Crippen LogP) is 2.45. The van der Waals surface area contributed by atoms with E-state index in [1.807, 2.05) is 0 Å². The molecule has 1 amide bonds. The minimum atomic E-state index is -0.128. The number of benzene rings is 1. The first-order chi connectivity index (χ1) is 7.58. The van der Waals surface area contributed by atoms with Crippen LogP contribution in [-0.2, 0) is 0 Å². The van der Waals surface area contributed by atoms with E-state index in [1.54, 1.807) is 18.2 Å². The maximum atomic E-state index is 11.9. The summed E-state index contributed by atoms with van der Waals surface area (Å²) in [6, 6.07) is 5.40. The van der Waals surface area contributed by atoms with Crippen molar-refractivity contribution in [1.29, 1.82) is 0 Å². The molecule has 0 bridgehead atoms. The number of halogens is 1. The van der Waals surface area contributed by atoms with E-state index >= 15 is 0 Å². The molecule has 1 aliphatic carbocycles. The third-order valence-electron chi connectivity index (χ3n) is 3.01. The lowest BCUT2D eigenvalue weighted by molar-refractivity contribution is 0.0897. The maximum absolute atomic E-state index is 11.9. The molecule has 2 rings (SSSR count). The summed E-state index contributed by atoms with van der Waals surface area (Å²) in [5, 5.41) is 3.38. The summed E-state index contributed by atoms with van der Waals surface area (Å²) in [7, 11) is 0. The molecule has 4 heteroatoms. The molecule has 16 heavy (non-hydrogen) atoms. The van der Waals surface area contributed by atoms with Crippen LogP contribution in [0.2, 0.25) is 5.02 Å². The average Bonchev–Trinajstić information content (AvgIpc) is 2.19. The van der Waals surface area contributed by atoms with Crippen LogP contribution in [0.25, 0.3) is 0 Å². The summed E-state index contributed by atoms with van der Waals surface area (Å²) in [5.74, 6) is 0.582. The van der Waals surface area contributed by atoms with E-state index in [0.29, 0.717) is 28.2 Å². The highest BCUT2D eigenvalue weighted by Gasteiger charge is 2.27. The number of carbonyl (C=O) groups excluding carboxylic acids is 1. The lowest BCUT2D eigenvalue weighted by atomic mass is 9.82. The standard InChI is InChI=1S/C12H15ClN2O/c1-7-5-8(6-7)15-12(16)9-3-2-4-10(13)11(9)14/h2-4,7-8H,5-6,14H2,1H3,(H,15,16). The van der Waals surface area contributed by atoms with Gasteiger partial charge in [-0.2, -0.15) is 0 Å². The van der Waals surface area contributed by atoms with E-state index in [4.69, 9.17) is 17.3 Å². The SMILES string of the molecule is CC1CC(NC(=O)c2cccc(Cl)c2N)C1. The van der Waals surface area contributed by atoms with E-state index in [0.717, 1.165) is 12.8 Å². The van der Waals surface area contributed by atoms with Gasteiger partial charge < -0.3 is 11.1 Å². The fourth-order valence-corrected chi connectivity index (χ4v) is 2.19. The van der Waals surface area contributed by atoms with Gasteiger partial charge in [0.15, 0.2) is 0 Å². The highest BCUT2D eigenvalue weighted by atomic mass is 35.5. The van der Waals surface area contributed by atoms with Gasteiger partial charge in [0.1, 0.15) is 0 Å². The summed E-state index contributed by atoms with van der Waals surface area (Å²) in [6.45, 7) is 2.18. The van der Waals surface area contributed by atoms with Crippen molar-refractivity contribution < 1.29 is 4.79 Å². The van der Waals surface area contributed by atoms with Crippen LogP contribution in [0.15, 0.2) is 18.2 Å². The fraction of sp³-hybridized carbons (Fsp3) is 0.417. The van der Waals surface area contributed by atoms with Crippen LogP contribution in [0.3, 0.4) is 0 Å². The van der Waals surface area contributed by atoms with E-state index in [1.165, 1.54) is 0 Å². The predicted molar refractivity (Wildman–Crippen MR) is 65.5 cm³/mol. The number of rotatable bonds is 2. The van der Waals surface area contributed by atoms with Crippen molar-refractivity contribution >= 4 is 23.2 Å². The highest BCUT2D eigenvalue weighted by Crippen LogP contribution is 2.27. The topological polar surface area (TPSA) is 55.1 Å². The quantitative estimate of drug-likeness (QED) is 0.778. The van der Waals surface area contributed by atoms with Crippen LogP contribution in [0, 0.1) is 5.92 Å². The Balaban J connectivity index is 2.06. The Morgan fingerprint density at radius 1 is 1.50 bits per heavy atom. The molecule has 0 saturated heterocycles. The first-order valence-electron chi connectivity index (χ1n) is 5.42. The number of nitrogens with one attached hydrogen (secondary N) is 1. The molecule has 86 valence electrons. The number of nitrogen functional groups attached to an aromatic ring is 1. The number of nitrogens with two attached hydrogens (primary N) is 1. The second-order valence-electron chi connectivity index (χ2n) is 4.45. The molecule has 0 atom stereocenters. The number of carbonyl (C=O) groups is 1. The molecule has 0 spiro atoms. The zero-order valence-electron chi connectivity index (χ0n) is 9.16. The van der Waals surface area contributed by atoms with E-state index in [-0.39, 0.29) is 5.91 Å². The van der Waals surface area contributed by atoms with Gasteiger partial charge in [-0.05, 0) is 30.9 Å². The second kappa shape index (κ2) is 4.34. The number of hydrogen-bond acceptors (Lipinski definition) is 2. The first kappa shape index (κ1) is 11.3. The van der Waals surface area contributed by atoms with Crippen LogP contribution in [0.1, 0.15) is 30.1 Å². The third kappa shape index (κ3) is 2.14. The molecule has 1 fully saturated rings. The number of para-hydroxylation sites is 1. The Hall–Kier alpha value is -1.22. The Morgan fingerprint density at radius 3 is 2.81 bits per heavy atom. The van der Waals surface area contributed by atoms with Gasteiger partial charge in [0.2, 0.25) is 0 Å². The average molecular weight is 239 g/mol. The molecular weight excluding hydrogens is 224 g/mol. The number of anilines is 1. The lowest BCUT2D eigenvalue weighted by Crippen LogP contribution is -2.43. The Morgan fingerprint density at radius 2 is 2.19 bits per heavy atom. The normalized spacial score (nSPS) is 23.6. The van der Waals surface area contributed by atoms with Crippen LogP contribution in [0.4, 0.5) is 5.69 Å². The summed E-state index contributed by atoms with van der Waals surface area (Å²) in [6.07, 6.45) is 2.10. The Kier molecular flexibility index (Phi) is 3.06. The van der Waals surface area contributed by atoms with E-state index in [9.17, 15) is 4.79 Å². The van der Waals surface area contributed by atoms with Gasteiger partial charge in [0, 0.05) is 6.04 Å². The van der Waals surface area contributed by atoms with Crippen molar-refractivity contribution in [3.05, 3.63) is 28.8 Å². The maximum Gasteiger partial charge on any atom is 0.253 e. The first-order valence-corrected chi connectivity index (χ1v) is 5.80. The second-order valence-corrected chi connectivity index (χ2v) is 4.86. The van der Waals surface area contributed by atoms with Crippen LogP contribution in [-0.4, -0.2) is 11.9 Å². The van der Waals surface area contributed by atoms with Crippen molar-refractivity contribution in [2.45, 2.75) is 25.8 Å². The monoisotopic (exact) mass is 238 g/mol. The van der Waals surface area contributed by atoms with Crippen molar-refractivity contribution in [2.75, 3.05) is 5.73 Å². The van der Waals surface area contributed by atoms with Crippen molar-refractivity contribution in [2.24, 2.45) is 5.92 Å². The molecule has 0 heterocycles. The lowest BCUT2D eigenvalue weighted by Gasteiger charge is -2.33. The smallest absolute Gasteiger partial charge is 0.253 e. The summed E-state index contributed by atoms with van der Waals surface area (Å²) in [4.78, 5) is 11.9. The van der Waals surface area contributed by atoms with Crippen molar-refractivity contribution in [1.82, 2.24) is 5.32 Å². The van der Waals surface area contributed by atoms with Gasteiger partial charge in [0.05, 0.1) is 16.3 Å². The zero-order valence-corrected chi connectivity index (χ0v) is 9.92. The van der Waals surface area contributed by atoms with Crippen LogP contribution in [0.5, 0.6) is 0 Å². The Labute approximate surface area is 100.0 Å². The summed E-state index contributed by atoms with van der Waals surface area (Å²) >= 11 is 5.86. The Bertz CT molecular complexity index is 413. The molecule has 0 unspecified atom stereocenters. The zero-order chi connectivity index (χ0) is 11.7. The summed E-state index contributed by atoms with van der Waals surface area (Å²) in [5.41, 5.74) is 6.57. The van der Waals surface area contributed by atoms with Crippen molar-refractivity contribution in [3.8, 4) is 0 Å². The van der Waals surface area contributed by atoms with Gasteiger partial charge in [-0.15, -0.1) is 0 Å². The molecular formula is C12H15ClN2O. The summed E-state index contributed by atoms with van der Waals surface area (Å²) < 4.78 is 0. The van der Waals surface area contributed by atoms with Crippen LogP contribution < -0.4 is 11.1 Å².